The van der Waals surface area contributed by atoms with Gasteiger partial charge in [0.2, 0.25) is 0 Å². The number of ether oxygens (including phenoxy) is 2. The van der Waals surface area contributed by atoms with Crippen LogP contribution in [0, 0.1) is 5.92 Å². The normalized spacial score (nSPS) is 10.4. The van der Waals surface area contributed by atoms with Gasteiger partial charge in [0.1, 0.15) is 5.75 Å². The monoisotopic (exact) mass is 296 g/mol. The second kappa shape index (κ2) is 8.64. The summed E-state index contributed by atoms with van der Waals surface area (Å²) in [5, 5.41) is 0. The number of thioether (sulfide) groups is 1. The lowest BCUT2D eigenvalue weighted by Crippen LogP contribution is -2.14. The second-order valence-electron chi connectivity index (χ2n) is 4.70. The summed E-state index contributed by atoms with van der Waals surface area (Å²) in [4.78, 5) is 24.0. The largest absolute Gasteiger partial charge is 0.465 e. The molecule has 0 fully saturated rings. The van der Waals surface area contributed by atoms with Gasteiger partial charge in [-0.25, -0.2) is 0 Å². The molecule has 5 heteroatoms. The molecule has 1 rings (SSSR count). The number of para-hydroxylation sites is 1. The Bertz CT molecular complexity index is 457. The molecule has 0 saturated heterocycles. The van der Waals surface area contributed by atoms with Gasteiger partial charge in [0.15, 0.2) is 0 Å². The minimum atomic E-state index is -0.423. The maximum atomic E-state index is 11.7. The third-order valence-electron chi connectivity index (χ3n) is 2.40. The molecule has 0 aromatic heterocycles. The van der Waals surface area contributed by atoms with E-state index in [9.17, 15) is 9.59 Å². The molecule has 1 aromatic rings. The quantitative estimate of drug-likeness (QED) is 0.439. The summed E-state index contributed by atoms with van der Waals surface area (Å²) in [5.41, 5.74) is 0. The average molecular weight is 296 g/mol. The van der Waals surface area contributed by atoms with E-state index in [-0.39, 0.29) is 18.8 Å². The fraction of sp³-hybridized carbons (Fsp3) is 0.467. The number of carbonyl (C=O) groups is 2. The van der Waals surface area contributed by atoms with E-state index in [0.717, 1.165) is 4.90 Å². The molecule has 110 valence electrons. The first kappa shape index (κ1) is 16.6. The summed E-state index contributed by atoms with van der Waals surface area (Å²) in [6.45, 7) is 4.30. The zero-order valence-electron chi connectivity index (χ0n) is 12.0. The van der Waals surface area contributed by atoms with Crippen LogP contribution in [0.4, 0.5) is 0 Å². The summed E-state index contributed by atoms with van der Waals surface area (Å²) in [6.07, 6.45) is 1.99. The van der Waals surface area contributed by atoms with Gasteiger partial charge in [-0.1, -0.05) is 26.0 Å². The molecule has 4 nitrogen and oxygen atoms in total. The van der Waals surface area contributed by atoms with E-state index in [1.54, 1.807) is 12.1 Å². The molecule has 0 atom stereocenters. The van der Waals surface area contributed by atoms with Crippen molar-refractivity contribution >= 4 is 23.7 Å². The highest BCUT2D eigenvalue weighted by Gasteiger charge is 2.12. The van der Waals surface area contributed by atoms with Gasteiger partial charge in [0, 0.05) is 4.90 Å². The van der Waals surface area contributed by atoms with Crippen LogP contribution in [0.5, 0.6) is 5.75 Å². The fourth-order valence-corrected chi connectivity index (χ4v) is 1.94. The molecule has 0 amide bonds. The second-order valence-corrected chi connectivity index (χ2v) is 5.55. The molecule has 0 spiro atoms. The van der Waals surface area contributed by atoms with Crippen molar-refractivity contribution in [3.8, 4) is 5.75 Å². The van der Waals surface area contributed by atoms with Crippen molar-refractivity contribution < 1.29 is 19.1 Å². The predicted molar refractivity (Wildman–Crippen MR) is 78.9 cm³/mol. The van der Waals surface area contributed by atoms with E-state index in [0.29, 0.717) is 18.3 Å². The van der Waals surface area contributed by atoms with E-state index in [4.69, 9.17) is 9.47 Å². The van der Waals surface area contributed by atoms with E-state index < -0.39 is 5.97 Å². The first-order chi connectivity index (χ1) is 9.52. The van der Waals surface area contributed by atoms with Crippen LogP contribution < -0.4 is 4.74 Å². The summed E-state index contributed by atoms with van der Waals surface area (Å²) >= 11 is 1.50. The molecule has 0 aliphatic heterocycles. The first-order valence-electron chi connectivity index (χ1n) is 6.52. The van der Waals surface area contributed by atoms with E-state index >= 15 is 0 Å². The SMILES string of the molecule is CSc1ccccc1OC(=O)CCC(=O)OCC(C)C. The lowest BCUT2D eigenvalue weighted by Gasteiger charge is -2.09. The van der Waals surface area contributed by atoms with Gasteiger partial charge in [-0.05, 0) is 24.3 Å². The highest BCUT2D eigenvalue weighted by Crippen LogP contribution is 2.27. The number of benzene rings is 1. The van der Waals surface area contributed by atoms with Gasteiger partial charge >= 0.3 is 11.9 Å². The van der Waals surface area contributed by atoms with E-state index in [1.165, 1.54) is 11.8 Å². The Morgan fingerprint density at radius 2 is 1.80 bits per heavy atom. The Labute approximate surface area is 123 Å². The van der Waals surface area contributed by atoms with Crippen molar-refractivity contribution in [3.05, 3.63) is 24.3 Å². The highest BCUT2D eigenvalue weighted by molar-refractivity contribution is 7.98. The summed E-state index contributed by atoms with van der Waals surface area (Å²) < 4.78 is 10.2. The van der Waals surface area contributed by atoms with Crippen LogP contribution in [0.3, 0.4) is 0 Å². The van der Waals surface area contributed by atoms with Crippen molar-refractivity contribution in [1.29, 1.82) is 0 Å². The molecule has 0 saturated carbocycles. The zero-order chi connectivity index (χ0) is 15.0. The molecular formula is C15H20O4S. The number of carbonyl (C=O) groups excluding carboxylic acids is 2. The standard InChI is InChI=1S/C15H20O4S/c1-11(2)10-18-14(16)8-9-15(17)19-12-6-4-5-7-13(12)20-3/h4-7,11H,8-10H2,1-3H3. The number of hydrogen-bond donors (Lipinski definition) is 0. The maximum Gasteiger partial charge on any atom is 0.311 e. The smallest absolute Gasteiger partial charge is 0.311 e. The third kappa shape index (κ3) is 6.10. The molecule has 0 radical (unpaired) electrons. The highest BCUT2D eigenvalue weighted by atomic mass is 32.2. The molecule has 0 aliphatic carbocycles. The third-order valence-corrected chi connectivity index (χ3v) is 3.18. The summed E-state index contributed by atoms with van der Waals surface area (Å²) in [7, 11) is 0. The fourth-order valence-electron chi connectivity index (χ4n) is 1.41. The van der Waals surface area contributed by atoms with Gasteiger partial charge in [-0.3, -0.25) is 9.59 Å². The Hall–Kier alpha value is -1.49. The van der Waals surface area contributed by atoms with Crippen molar-refractivity contribution in [2.45, 2.75) is 31.6 Å². The van der Waals surface area contributed by atoms with Gasteiger partial charge < -0.3 is 9.47 Å². The minimum Gasteiger partial charge on any atom is -0.465 e. The first-order valence-corrected chi connectivity index (χ1v) is 7.74. The molecule has 20 heavy (non-hydrogen) atoms. The molecule has 0 unspecified atom stereocenters. The zero-order valence-corrected chi connectivity index (χ0v) is 12.9. The Balaban J connectivity index is 2.38. The minimum absolute atomic E-state index is 0.0274. The summed E-state index contributed by atoms with van der Waals surface area (Å²) in [5.74, 6) is 0.0294. The Kier molecular flexibility index (Phi) is 7.15. The van der Waals surface area contributed by atoms with Crippen molar-refractivity contribution in [1.82, 2.24) is 0 Å². The lowest BCUT2D eigenvalue weighted by molar-refractivity contribution is -0.147. The molecular weight excluding hydrogens is 276 g/mol. The van der Waals surface area contributed by atoms with Crippen LogP contribution in [0.2, 0.25) is 0 Å². The van der Waals surface area contributed by atoms with Gasteiger partial charge in [0.05, 0.1) is 19.4 Å². The van der Waals surface area contributed by atoms with Crippen LogP contribution in [0.25, 0.3) is 0 Å². The van der Waals surface area contributed by atoms with E-state index in [2.05, 4.69) is 0 Å². The van der Waals surface area contributed by atoms with Crippen LogP contribution >= 0.6 is 11.8 Å². The van der Waals surface area contributed by atoms with E-state index in [1.807, 2.05) is 32.2 Å². The number of hydrogen-bond acceptors (Lipinski definition) is 5. The van der Waals surface area contributed by atoms with Gasteiger partial charge in [-0.15, -0.1) is 11.8 Å². The Morgan fingerprint density at radius 3 is 2.45 bits per heavy atom. The molecule has 0 N–H and O–H groups in total. The number of esters is 2. The predicted octanol–water partition coefficient (Wildman–Crippen LogP) is 3.29. The molecule has 0 bridgehead atoms. The average Bonchev–Trinajstić information content (AvgIpc) is 2.43. The molecule has 0 heterocycles. The molecule has 0 aliphatic rings. The van der Waals surface area contributed by atoms with Crippen LogP contribution in [-0.4, -0.2) is 24.8 Å². The van der Waals surface area contributed by atoms with Crippen LogP contribution in [-0.2, 0) is 14.3 Å². The topological polar surface area (TPSA) is 52.6 Å². The lowest BCUT2D eigenvalue weighted by atomic mass is 10.2. The number of rotatable bonds is 7. The van der Waals surface area contributed by atoms with Crippen molar-refractivity contribution in [2.75, 3.05) is 12.9 Å². The van der Waals surface area contributed by atoms with Crippen molar-refractivity contribution in [2.24, 2.45) is 5.92 Å². The van der Waals surface area contributed by atoms with Crippen LogP contribution in [0.15, 0.2) is 29.2 Å². The van der Waals surface area contributed by atoms with Crippen LogP contribution in [0.1, 0.15) is 26.7 Å². The molecule has 1 aromatic carbocycles. The van der Waals surface area contributed by atoms with Crippen molar-refractivity contribution in [3.63, 3.8) is 0 Å². The maximum absolute atomic E-state index is 11.7. The van der Waals surface area contributed by atoms with Gasteiger partial charge in [-0.2, -0.15) is 0 Å². The van der Waals surface area contributed by atoms with Gasteiger partial charge in [0.25, 0.3) is 0 Å². The summed E-state index contributed by atoms with van der Waals surface area (Å²) in [6, 6.07) is 7.30. The Morgan fingerprint density at radius 1 is 1.15 bits per heavy atom.